The highest BCUT2D eigenvalue weighted by Crippen LogP contribution is 2.37. The Balaban J connectivity index is 1.74. The van der Waals surface area contributed by atoms with Crippen LogP contribution in [0.3, 0.4) is 0 Å². The fourth-order valence-electron chi connectivity index (χ4n) is 6.20. The molecule has 0 amide bonds. The van der Waals surface area contributed by atoms with Crippen LogP contribution in [0.5, 0.6) is 0 Å². The highest BCUT2D eigenvalue weighted by molar-refractivity contribution is 5.72. The molecule has 4 bridgehead atoms. The second-order valence-electron chi connectivity index (χ2n) is 12.6. The second kappa shape index (κ2) is 15.6. The summed E-state index contributed by atoms with van der Waals surface area (Å²) in [6, 6.07) is 0. The van der Waals surface area contributed by atoms with E-state index in [2.05, 4.69) is 38.7 Å². The van der Waals surface area contributed by atoms with E-state index in [1.54, 1.807) is 0 Å². The van der Waals surface area contributed by atoms with Gasteiger partial charge in [0.1, 0.15) is 12.2 Å². The van der Waals surface area contributed by atoms with Crippen LogP contribution in [-0.2, 0) is 19.0 Å². The van der Waals surface area contributed by atoms with Crippen molar-refractivity contribution in [1.82, 2.24) is 0 Å². The Hall–Kier alpha value is -1.51. The Bertz CT molecular complexity index is 882. The van der Waals surface area contributed by atoms with Crippen LogP contribution in [0.1, 0.15) is 98.8 Å². The molecule has 0 radical (unpaired) electrons. The van der Waals surface area contributed by atoms with Gasteiger partial charge in [-0.05, 0) is 76.2 Å². The third-order valence-electron chi connectivity index (χ3n) is 9.16. The molecule has 11 atom stereocenters. The van der Waals surface area contributed by atoms with E-state index >= 15 is 0 Å². The number of aliphatic hydroxyl groups is 3. The van der Waals surface area contributed by atoms with Crippen LogP contribution in [-0.4, -0.2) is 70.1 Å². The maximum atomic E-state index is 13.0. The molecule has 2 saturated heterocycles. The highest BCUT2D eigenvalue weighted by Gasteiger charge is 2.44. The van der Waals surface area contributed by atoms with Gasteiger partial charge in [-0.2, -0.15) is 0 Å². The average Bonchev–Trinajstić information content (AvgIpc) is 3.48. The summed E-state index contributed by atoms with van der Waals surface area (Å²) in [4.78, 5) is 13.0. The number of allylic oxidation sites excluding steroid dienone is 3. The zero-order chi connectivity index (χ0) is 29.4. The molecule has 228 valence electrons. The lowest BCUT2D eigenvalue weighted by Gasteiger charge is -2.31. The summed E-state index contributed by atoms with van der Waals surface area (Å²) in [6.45, 7) is 13.9. The first-order chi connectivity index (χ1) is 19.0. The van der Waals surface area contributed by atoms with Crippen molar-refractivity contribution in [3.63, 3.8) is 0 Å². The fourth-order valence-corrected chi connectivity index (χ4v) is 6.20. The molecule has 0 aliphatic carbocycles. The Labute approximate surface area is 241 Å². The van der Waals surface area contributed by atoms with Crippen LogP contribution in [0.15, 0.2) is 36.0 Å². The van der Waals surface area contributed by atoms with Crippen molar-refractivity contribution in [3.8, 4) is 0 Å². The molecule has 0 saturated carbocycles. The SMILES string of the molecule is C=C(C(O)CC)C(C)C(O)C1CCC/C(C)=C/C2OC(CC2C)C2OC(CC/C=C/CCC(C)C(=O)O1)CC2O. The van der Waals surface area contributed by atoms with Gasteiger partial charge in [-0.1, -0.05) is 58.1 Å². The van der Waals surface area contributed by atoms with Gasteiger partial charge in [0.2, 0.25) is 0 Å². The molecule has 11 unspecified atom stereocenters. The van der Waals surface area contributed by atoms with E-state index in [0.29, 0.717) is 37.2 Å². The number of rotatable bonds is 5. The molecular formula is C33H54O7. The first kappa shape index (κ1) is 33.0. The van der Waals surface area contributed by atoms with Crippen molar-refractivity contribution in [2.24, 2.45) is 17.8 Å². The van der Waals surface area contributed by atoms with Crippen LogP contribution >= 0.6 is 0 Å². The molecule has 7 heteroatoms. The van der Waals surface area contributed by atoms with Gasteiger partial charge < -0.3 is 29.5 Å². The van der Waals surface area contributed by atoms with Crippen molar-refractivity contribution >= 4 is 5.97 Å². The number of aliphatic hydroxyl groups excluding tert-OH is 3. The van der Waals surface area contributed by atoms with E-state index < -0.39 is 30.3 Å². The maximum absolute atomic E-state index is 13.0. The van der Waals surface area contributed by atoms with Crippen LogP contribution in [0.2, 0.25) is 0 Å². The second-order valence-corrected chi connectivity index (χ2v) is 12.6. The Morgan fingerprint density at radius 3 is 2.50 bits per heavy atom. The van der Waals surface area contributed by atoms with Crippen LogP contribution in [0.4, 0.5) is 0 Å². The topological polar surface area (TPSA) is 105 Å². The van der Waals surface area contributed by atoms with Gasteiger partial charge in [0.15, 0.2) is 0 Å². The van der Waals surface area contributed by atoms with Crippen LogP contribution in [0, 0.1) is 17.8 Å². The van der Waals surface area contributed by atoms with Crippen molar-refractivity contribution in [2.45, 2.75) is 148 Å². The van der Waals surface area contributed by atoms with Crippen LogP contribution in [0.25, 0.3) is 0 Å². The standard InChI is InChI=1S/C33H54O7/c1-7-26(34)23(5)24(6)31(36)28-16-12-13-20(2)17-29-22(4)18-30(39-29)32-27(35)19-25(38-32)15-11-9-8-10-14-21(3)33(37)40-28/h8-9,17,21-22,24-32,34-36H,5,7,10-16,18-19H2,1-4,6H3/b9-8+,20-17+. The van der Waals surface area contributed by atoms with Gasteiger partial charge in [-0.15, -0.1) is 0 Å². The third kappa shape index (κ3) is 8.99. The molecule has 0 spiro atoms. The Morgan fingerprint density at radius 1 is 1.10 bits per heavy atom. The number of carbonyl (C=O) groups excluding carboxylic acids is 1. The van der Waals surface area contributed by atoms with E-state index in [-0.39, 0.29) is 36.3 Å². The summed E-state index contributed by atoms with van der Waals surface area (Å²) in [5.74, 6) is -0.680. The zero-order valence-electron chi connectivity index (χ0n) is 25.3. The molecule has 0 aromatic rings. The number of esters is 1. The van der Waals surface area contributed by atoms with E-state index in [1.165, 1.54) is 5.57 Å². The number of fused-ring (bicyclic) bond motifs is 5. The fraction of sp³-hybridized carbons (Fsp3) is 0.788. The summed E-state index contributed by atoms with van der Waals surface area (Å²) < 4.78 is 18.6. The van der Waals surface area contributed by atoms with Gasteiger partial charge in [0.25, 0.3) is 0 Å². The summed E-state index contributed by atoms with van der Waals surface area (Å²) in [6.07, 6.45) is 10.4. The van der Waals surface area contributed by atoms with Gasteiger partial charge in [0, 0.05) is 12.3 Å². The minimum atomic E-state index is -0.948. The monoisotopic (exact) mass is 562 g/mol. The first-order valence-corrected chi connectivity index (χ1v) is 15.6. The molecule has 3 rings (SSSR count). The molecule has 0 aromatic carbocycles. The quantitative estimate of drug-likeness (QED) is 0.304. The summed E-state index contributed by atoms with van der Waals surface area (Å²) in [7, 11) is 0. The predicted octanol–water partition coefficient (Wildman–Crippen LogP) is 5.42. The molecule has 0 aromatic heterocycles. The predicted molar refractivity (Wildman–Crippen MR) is 157 cm³/mol. The van der Waals surface area contributed by atoms with Gasteiger partial charge in [-0.25, -0.2) is 0 Å². The molecule has 7 nitrogen and oxygen atoms in total. The van der Waals surface area contributed by atoms with E-state index in [0.717, 1.165) is 38.5 Å². The smallest absolute Gasteiger partial charge is 0.309 e. The number of hydrogen-bond donors (Lipinski definition) is 3. The Morgan fingerprint density at radius 2 is 1.80 bits per heavy atom. The average molecular weight is 563 g/mol. The van der Waals surface area contributed by atoms with Crippen molar-refractivity contribution < 1.29 is 34.3 Å². The van der Waals surface area contributed by atoms with Gasteiger partial charge in [0.05, 0.1) is 42.5 Å². The zero-order valence-corrected chi connectivity index (χ0v) is 25.3. The number of carbonyl (C=O) groups is 1. The number of cyclic esters (lactones) is 1. The molecular weight excluding hydrogens is 508 g/mol. The normalized spacial score (nSPS) is 39.2. The number of hydrogen-bond acceptors (Lipinski definition) is 7. The summed E-state index contributed by atoms with van der Waals surface area (Å²) in [5, 5.41) is 32.2. The summed E-state index contributed by atoms with van der Waals surface area (Å²) in [5.41, 5.74) is 1.75. The van der Waals surface area contributed by atoms with Gasteiger partial charge >= 0.3 is 5.97 Å². The maximum Gasteiger partial charge on any atom is 0.309 e. The van der Waals surface area contributed by atoms with E-state index in [9.17, 15) is 20.1 Å². The first-order valence-electron chi connectivity index (χ1n) is 15.6. The van der Waals surface area contributed by atoms with Crippen molar-refractivity contribution in [3.05, 3.63) is 36.0 Å². The lowest BCUT2D eigenvalue weighted by Crippen LogP contribution is -2.39. The molecule has 3 aliphatic rings. The van der Waals surface area contributed by atoms with E-state index in [1.807, 2.05) is 20.8 Å². The lowest BCUT2D eigenvalue weighted by molar-refractivity contribution is -0.161. The van der Waals surface area contributed by atoms with Crippen molar-refractivity contribution in [2.75, 3.05) is 0 Å². The van der Waals surface area contributed by atoms with E-state index in [4.69, 9.17) is 14.2 Å². The minimum Gasteiger partial charge on any atom is -0.459 e. The lowest BCUT2D eigenvalue weighted by atomic mass is 9.87. The molecule has 3 heterocycles. The largest absolute Gasteiger partial charge is 0.459 e. The highest BCUT2D eigenvalue weighted by atomic mass is 16.6. The minimum absolute atomic E-state index is 0.0307. The molecule has 3 aliphatic heterocycles. The molecule has 2 fully saturated rings. The molecule has 3 N–H and O–H groups in total. The third-order valence-corrected chi connectivity index (χ3v) is 9.16. The van der Waals surface area contributed by atoms with Crippen molar-refractivity contribution in [1.29, 1.82) is 0 Å². The molecule has 40 heavy (non-hydrogen) atoms. The number of ether oxygens (including phenoxy) is 3. The van der Waals surface area contributed by atoms with Gasteiger partial charge in [-0.3, -0.25) is 4.79 Å². The summed E-state index contributed by atoms with van der Waals surface area (Å²) >= 11 is 0. The Kier molecular flexibility index (Phi) is 12.9. The van der Waals surface area contributed by atoms with Crippen LogP contribution < -0.4 is 0 Å².